The molecule has 0 aliphatic heterocycles. The van der Waals surface area contributed by atoms with E-state index in [9.17, 15) is 5.11 Å². The number of hydrogen-bond donors (Lipinski definition) is 2. The first-order chi connectivity index (χ1) is 8.10. The van der Waals surface area contributed by atoms with Crippen LogP contribution in [-0.2, 0) is 5.60 Å². The molecule has 1 aliphatic carbocycles. The van der Waals surface area contributed by atoms with Gasteiger partial charge in [-0.3, -0.25) is 4.98 Å². The minimum absolute atomic E-state index is 0.515. The molecule has 1 aromatic rings. The zero-order chi connectivity index (χ0) is 12.3. The maximum absolute atomic E-state index is 10.6. The summed E-state index contributed by atoms with van der Waals surface area (Å²) >= 11 is 0. The number of pyridine rings is 1. The minimum atomic E-state index is -0.712. The Morgan fingerprint density at radius 3 is 2.59 bits per heavy atom. The lowest BCUT2D eigenvalue weighted by molar-refractivity contribution is -0.0128. The Morgan fingerprint density at radius 1 is 1.35 bits per heavy atom. The number of aromatic nitrogens is 1. The summed E-state index contributed by atoms with van der Waals surface area (Å²) in [5.41, 5.74) is 0.110. The standard InChI is InChI=1S/C14H22N2O/c1-11(2)16-12-6-8-14(17,9-7-12)13-5-3-4-10-15-13/h3-5,10-12,16-17H,6-9H2,1-2H3. The van der Waals surface area contributed by atoms with Gasteiger partial charge in [0.15, 0.2) is 0 Å². The Balaban J connectivity index is 1.98. The van der Waals surface area contributed by atoms with Crippen molar-refractivity contribution in [3.8, 4) is 0 Å². The molecule has 0 radical (unpaired) electrons. The van der Waals surface area contributed by atoms with Gasteiger partial charge in [-0.2, -0.15) is 0 Å². The van der Waals surface area contributed by atoms with Crippen molar-refractivity contribution in [1.82, 2.24) is 10.3 Å². The maximum Gasteiger partial charge on any atom is 0.107 e. The number of hydrogen-bond acceptors (Lipinski definition) is 3. The van der Waals surface area contributed by atoms with E-state index in [2.05, 4.69) is 24.1 Å². The Labute approximate surface area is 103 Å². The molecular weight excluding hydrogens is 212 g/mol. The lowest BCUT2D eigenvalue weighted by atomic mass is 9.79. The zero-order valence-corrected chi connectivity index (χ0v) is 10.7. The fourth-order valence-corrected chi connectivity index (χ4v) is 2.63. The molecule has 17 heavy (non-hydrogen) atoms. The molecule has 0 atom stereocenters. The highest BCUT2D eigenvalue weighted by Gasteiger charge is 2.35. The van der Waals surface area contributed by atoms with Gasteiger partial charge in [0.2, 0.25) is 0 Å². The Hall–Kier alpha value is -0.930. The third-order valence-electron chi connectivity index (χ3n) is 3.52. The van der Waals surface area contributed by atoms with Crippen LogP contribution in [-0.4, -0.2) is 22.2 Å². The molecule has 1 fully saturated rings. The third-order valence-corrected chi connectivity index (χ3v) is 3.52. The first-order valence-electron chi connectivity index (χ1n) is 6.50. The molecule has 0 amide bonds. The van der Waals surface area contributed by atoms with Crippen molar-refractivity contribution in [3.05, 3.63) is 30.1 Å². The second kappa shape index (κ2) is 5.15. The van der Waals surface area contributed by atoms with E-state index in [1.54, 1.807) is 6.20 Å². The van der Waals surface area contributed by atoms with Crippen LogP contribution < -0.4 is 5.32 Å². The second-order valence-corrected chi connectivity index (χ2v) is 5.34. The van der Waals surface area contributed by atoms with E-state index in [1.165, 1.54) is 0 Å². The average molecular weight is 234 g/mol. The average Bonchev–Trinajstić information content (AvgIpc) is 2.33. The van der Waals surface area contributed by atoms with Gasteiger partial charge in [0.25, 0.3) is 0 Å². The van der Waals surface area contributed by atoms with Crippen molar-refractivity contribution in [3.63, 3.8) is 0 Å². The normalized spacial score (nSPS) is 29.5. The molecule has 1 aromatic heterocycles. The molecule has 94 valence electrons. The molecule has 0 saturated heterocycles. The smallest absolute Gasteiger partial charge is 0.107 e. The van der Waals surface area contributed by atoms with Crippen LogP contribution in [0.3, 0.4) is 0 Å². The summed E-state index contributed by atoms with van der Waals surface area (Å²) in [6.45, 7) is 4.33. The molecule has 3 heteroatoms. The van der Waals surface area contributed by atoms with E-state index >= 15 is 0 Å². The van der Waals surface area contributed by atoms with Crippen LogP contribution in [0, 0.1) is 0 Å². The zero-order valence-electron chi connectivity index (χ0n) is 10.7. The minimum Gasteiger partial charge on any atom is -0.384 e. The Bertz CT molecular complexity index is 342. The molecule has 0 aromatic carbocycles. The van der Waals surface area contributed by atoms with Crippen LogP contribution in [0.4, 0.5) is 0 Å². The van der Waals surface area contributed by atoms with Gasteiger partial charge in [0, 0.05) is 18.3 Å². The van der Waals surface area contributed by atoms with Crippen LogP contribution >= 0.6 is 0 Å². The summed E-state index contributed by atoms with van der Waals surface area (Å²) in [6.07, 6.45) is 5.39. The van der Waals surface area contributed by atoms with Gasteiger partial charge >= 0.3 is 0 Å². The summed E-state index contributed by atoms with van der Waals surface area (Å²) in [4.78, 5) is 4.29. The van der Waals surface area contributed by atoms with Gasteiger partial charge in [-0.1, -0.05) is 19.9 Å². The largest absolute Gasteiger partial charge is 0.384 e. The Morgan fingerprint density at radius 2 is 2.06 bits per heavy atom. The van der Waals surface area contributed by atoms with Gasteiger partial charge in [0.1, 0.15) is 5.60 Å². The number of nitrogens with zero attached hydrogens (tertiary/aromatic N) is 1. The SMILES string of the molecule is CC(C)NC1CCC(O)(c2ccccn2)CC1. The molecule has 0 spiro atoms. The van der Waals surface area contributed by atoms with Gasteiger partial charge in [-0.15, -0.1) is 0 Å². The van der Waals surface area contributed by atoms with Crippen LogP contribution in [0.2, 0.25) is 0 Å². The molecule has 0 bridgehead atoms. The molecule has 1 saturated carbocycles. The maximum atomic E-state index is 10.6. The quantitative estimate of drug-likeness (QED) is 0.843. The summed E-state index contributed by atoms with van der Waals surface area (Å²) in [6, 6.07) is 6.81. The van der Waals surface area contributed by atoms with E-state index in [4.69, 9.17) is 0 Å². The fourth-order valence-electron chi connectivity index (χ4n) is 2.63. The van der Waals surface area contributed by atoms with E-state index in [1.807, 2.05) is 18.2 Å². The van der Waals surface area contributed by atoms with Gasteiger partial charge in [-0.05, 0) is 37.8 Å². The van der Waals surface area contributed by atoms with Gasteiger partial charge in [-0.25, -0.2) is 0 Å². The first kappa shape index (κ1) is 12.5. The summed E-state index contributed by atoms with van der Waals surface area (Å²) in [5, 5.41) is 14.1. The van der Waals surface area contributed by atoms with E-state index < -0.39 is 5.60 Å². The number of aliphatic hydroxyl groups is 1. The number of nitrogens with one attached hydrogen (secondary N) is 1. The molecule has 1 aliphatic rings. The van der Waals surface area contributed by atoms with Crippen molar-refractivity contribution in [2.24, 2.45) is 0 Å². The summed E-state index contributed by atoms with van der Waals surface area (Å²) in [7, 11) is 0. The van der Waals surface area contributed by atoms with Gasteiger partial charge < -0.3 is 10.4 Å². The van der Waals surface area contributed by atoms with Crippen molar-refractivity contribution in [2.45, 2.75) is 57.2 Å². The molecule has 0 unspecified atom stereocenters. The molecular formula is C14H22N2O. The number of rotatable bonds is 3. The first-order valence-corrected chi connectivity index (χ1v) is 6.50. The topological polar surface area (TPSA) is 45.1 Å². The highest BCUT2D eigenvalue weighted by molar-refractivity contribution is 5.14. The van der Waals surface area contributed by atoms with E-state index in [0.29, 0.717) is 12.1 Å². The lowest BCUT2D eigenvalue weighted by Crippen LogP contribution is -2.42. The van der Waals surface area contributed by atoms with E-state index in [0.717, 1.165) is 31.4 Å². The highest BCUT2D eigenvalue weighted by atomic mass is 16.3. The molecule has 2 N–H and O–H groups in total. The lowest BCUT2D eigenvalue weighted by Gasteiger charge is -2.36. The fraction of sp³-hybridized carbons (Fsp3) is 0.643. The van der Waals surface area contributed by atoms with Gasteiger partial charge in [0.05, 0.1) is 5.69 Å². The van der Waals surface area contributed by atoms with Crippen molar-refractivity contribution < 1.29 is 5.11 Å². The molecule has 3 nitrogen and oxygen atoms in total. The third kappa shape index (κ3) is 3.05. The van der Waals surface area contributed by atoms with Crippen LogP contribution in [0.25, 0.3) is 0 Å². The van der Waals surface area contributed by atoms with Crippen LogP contribution in [0.5, 0.6) is 0 Å². The summed E-state index contributed by atoms with van der Waals surface area (Å²) < 4.78 is 0. The predicted octanol–water partition coefficient (Wildman–Crippen LogP) is 2.21. The van der Waals surface area contributed by atoms with Crippen molar-refractivity contribution in [2.75, 3.05) is 0 Å². The predicted molar refractivity (Wildman–Crippen MR) is 68.7 cm³/mol. The highest BCUT2D eigenvalue weighted by Crippen LogP contribution is 2.35. The van der Waals surface area contributed by atoms with Crippen molar-refractivity contribution in [1.29, 1.82) is 0 Å². The summed E-state index contributed by atoms with van der Waals surface area (Å²) in [5.74, 6) is 0. The monoisotopic (exact) mass is 234 g/mol. The molecule has 1 heterocycles. The van der Waals surface area contributed by atoms with Crippen LogP contribution in [0.15, 0.2) is 24.4 Å². The molecule has 2 rings (SSSR count). The van der Waals surface area contributed by atoms with E-state index in [-0.39, 0.29) is 0 Å². The second-order valence-electron chi connectivity index (χ2n) is 5.34. The Kier molecular flexibility index (Phi) is 3.79. The van der Waals surface area contributed by atoms with Crippen molar-refractivity contribution >= 4 is 0 Å². The van der Waals surface area contributed by atoms with Crippen LogP contribution in [0.1, 0.15) is 45.2 Å².